The van der Waals surface area contributed by atoms with Crippen LogP contribution in [-0.4, -0.2) is 28.7 Å². The van der Waals surface area contributed by atoms with Crippen molar-refractivity contribution in [2.45, 2.75) is 45.3 Å². The zero-order chi connectivity index (χ0) is 16.8. The zero-order valence-corrected chi connectivity index (χ0v) is 13.9. The van der Waals surface area contributed by atoms with Crippen molar-refractivity contribution in [3.05, 3.63) is 35.4 Å². The third-order valence-electron chi connectivity index (χ3n) is 3.13. The Balaban J connectivity index is 2.76. The maximum atomic E-state index is 12.0. The number of hydrogen-bond donors (Lipinski definition) is 1. The number of aliphatic hydroxyl groups excluding tert-OH is 1. The lowest BCUT2D eigenvalue weighted by molar-refractivity contribution is -0.156. The highest BCUT2D eigenvalue weighted by Gasteiger charge is 2.25. The predicted octanol–water partition coefficient (Wildman–Crippen LogP) is 3.05. The van der Waals surface area contributed by atoms with Crippen LogP contribution >= 0.6 is 11.6 Å². The fraction of sp³-hybridized carbons (Fsp3) is 0.529. The van der Waals surface area contributed by atoms with E-state index in [1.807, 2.05) is 12.1 Å². The van der Waals surface area contributed by atoms with Crippen molar-refractivity contribution in [2.24, 2.45) is 5.92 Å². The largest absolute Gasteiger partial charge is 0.460 e. The van der Waals surface area contributed by atoms with Gasteiger partial charge in [0.25, 0.3) is 0 Å². The summed E-state index contributed by atoms with van der Waals surface area (Å²) >= 11 is 5.73. The smallest absolute Gasteiger partial charge is 0.306 e. The Morgan fingerprint density at radius 3 is 2.41 bits per heavy atom. The first-order chi connectivity index (χ1) is 10.2. The lowest BCUT2D eigenvalue weighted by Crippen LogP contribution is -2.31. The number of halogens is 1. The van der Waals surface area contributed by atoms with E-state index in [0.29, 0.717) is 12.0 Å². The van der Waals surface area contributed by atoms with E-state index in [2.05, 4.69) is 6.07 Å². The van der Waals surface area contributed by atoms with E-state index in [0.717, 1.165) is 5.56 Å². The molecule has 4 nitrogen and oxygen atoms in total. The highest BCUT2D eigenvalue weighted by Crippen LogP contribution is 2.20. The number of benzene rings is 1. The summed E-state index contributed by atoms with van der Waals surface area (Å²) in [6.07, 6.45) is -0.186. The molecule has 2 atom stereocenters. The van der Waals surface area contributed by atoms with Crippen molar-refractivity contribution >= 4 is 17.6 Å². The van der Waals surface area contributed by atoms with Crippen LogP contribution in [0.1, 0.15) is 38.3 Å². The molecule has 0 saturated carbocycles. The number of ether oxygens (including phenoxy) is 1. The lowest BCUT2D eigenvalue weighted by atomic mass is 9.91. The Hall–Kier alpha value is -1.57. The molecule has 0 fully saturated rings. The van der Waals surface area contributed by atoms with Gasteiger partial charge in [0, 0.05) is 11.8 Å². The van der Waals surface area contributed by atoms with Crippen molar-refractivity contribution < 1.29 is 14.6 Å². The van der Waals surface area contributed by atoms with Crippen molar-refractivity contribution in [2.75, 3.05) is 5.88 Å². The number of nitriles is 1. The van der Waals surface area contributed by atoms with Crippen LogP contribution in [0.2, 0.25) is 0 Å². The molecule has 0 heterocycles. The van der Waals surface area contributed by atoms with Gasteiger partial charge in [0.1, 0.15) is 5.60 Å². The number of carbonyl (C=O) groups is 1. The number of carbonyl (C=O) groups excluding carboxylic acids is 1. The third kappa shape index (κ3) is 6.46. The second-order valence-electron chi connectivity index (χ2n) is 6.29. The fourth-order valence-corrected chi connectivity index (χ4v) is 2.34. The number of aliphatic hydroxyl groups is 1. The minimum Gasteiger partial charge on any atom is -0.460 e. The molecular weight excluding hydrogens is 302 g/mol. The van der Waals surface area contributed by atoms with E-state index in [9.17, 15) is 9.90 Å². The maximum absolute atomic E-state index is 12.0. The molecule has 0 aromatic heterocycles. The van der Waals surface area contributed by atoms with Crippen LogP contribution in [0.3, 0.4) is 0 Å². The quantitative estimate of drug-likeness (QED) is 0.645. The van der Waals surface area contributed by atoms with Crippen LogP contribution in [0.5, 0.6) is 0 Å². The summed E-state index contributed by atoms with van der Waals surface area (Å²) in [6, 6.07) is 9.13. The molecule has 22 heavy (non-hydrogen) atoms. The van der Waals surface area contributed by atoms with E-state index in [4.69, 9.17) is 21.6 Å². The molecule has 0 radical (unpaired) electrons. The number of nitrogens with zero attached hydrogens (tertiary/aromatic N) is 1. The summed E-state index contributed by atoms with van der Waals surface area (Å²) in [7, 11) is 0. The normalized spacial score (nSPS) is 14.0. The Kier molecular flexibility index (Phi) is 6.86. The van der Waals surface area contributed by atoms with E-state index >= 15 is 0 Å². The Morgan fingerprint density at radius 1 is 1.36 bits per heavy atom. The summed E-state index contributed by atoms with van der Waals surface area (Å²) in [4.78, 5) is 12.0. The average molecular weight is 324 g/mol. The number of alkyl halides is 1. The molecule has 0 unspecified atom stereocenters. The zero-order valence-electron chi connectivity index (χ0n) is 13.2. The molecule has 0 aliphatic heterocycles. The van der Waals surface area contributed by atoms with Crippen LogP contribution in [-0.2, 0) is 16.0 Å². The molecule has 1 rings (SSSR count). The summed E-state index contributed by atoms with van der Waals surface area (Å²) in [6.45, 7) is 5.41. The molecule has 120 valence electrons. The number of rotatable bonds is 6. The Bertz CT molecular complexity index is 528. The Morgan fingerprint density at radius 2 is 1.95 bits per heavy atom. The van der Waals surface area contributed by atoms with Crippen LogP contribution in [0.4, 0.5) is 0 Å². The first-order valence-electron chi connectivity index (χ1n) is 7.20. The molecule has 5 heteroatoms. The van der Waals surface area contributed by atoms with Gasteiger partial charge in [-0.1, -0.05) is 12.1 Å². The van der Waals surface area contributed by atoms with Gasteiger partial charge in [-0.2, -0.15) is 5.26 Å². The van der Waals surface area contributed by atoms with Crippen LogP contribution in [0, 0.1) is 17.2 Å². The van der Waals surface area contributed by atoms with Gasteiger partial charge in [-0.15, -0.1) is 11.6 Å². The van der Waals surface area contributed by atoms with E-state index in [1.165, 1.54) is 0 Å². The first kappa shape index (κ1) is 18.5. The van der Waals surface area contributed by atoms with Gasteiger partial charge in [0.05, 0.1) is 24.2 Å². The highest BCUT2D eigenvalue weighted by atomic mass is 35.5. The highest BCUT2D eigenvalue weighted by molar-refractivity contribution is 6.18. The third-order valence-corrected chi connectivity index (χ3v) is 3.45. The molecule has 0 spiro atoms. The first-order valence-corrected chi connectivity index (χ1v) is 7.73. The molecule has 0 aliphatic carbocycles. The molecule has 0 amide bonds. The van der Waals surface area contributed by atoms with Crippen molar-refractivity contribution in [1.29, 1.82) is 5.26 Å². The molecule has 0 aliphatic rings. The minimum absolute atomic E-state index is 0.0593. The lowest BCUT2D eigenvalue weighted by Gasteiger charge is -2.24. The van der Waals surface area contributed by atoms with Crippen LogP contribution in [0.15, 0.2) is 24.3 Å². The standard InChI is InChI=1S/C17H22ClNO3/c1-17(2,3)22-16(21)9-14(15(20)10-18)8-12-4-6-13(11-19)7-5-12/h4-7,14-15,20H,8-10H2,1-3H3/t14-,15-/m1/s1. The second kappa shape index (κ2) is 8.17. The SMILES string of the molecule is CC(C)(C)OC(=O)C[C@@H](Cc1ccc(C#N)cc1)[C@H](O)CCl. The summed E-state index contributed by atoms with van der Waals surface area (Å²) in [5.74, 6) is -0.611. The van der Waals surface area contributed by atoms with Gasteiger partial charge in [0.15, 0.2) is 0 Å². The summed E-state index contributed by atoms with van der Waals surface area (Å²) in [5.41, 5.74) is 0.962. The number of hydrogen-bond acceptors (Lipinski definition) is 4. The molecule has 1 aromatic rings. The fourth-order valence-electron chi connectivity index (χ4n) is 2.09. The second-order valence-corrected chi connectivity index (χ2v) is 6.59. The van der Waals surface area contributed by atoms with Gasteiger partial charge in [0.2, 0.25) is 0 Å². The minimum atomic E-state index is -0.787. The van der Waals surface area contributed by atoms with Crippen molar-refractivity contribution in [3.8, 4) is 6.07 Å². The van der Waals surface area contributed by atoms with E-state index < -0.39 is 11.7 Å². The van der Waals surface area contributed by atoms with Crippen molar-refractivity contribution in [1.82, 2.24) is 0 Å². The van der Waals surface area contributed by atoms with Gasteiger partial charge >= 0.3 is 5.97 Å². The number of esters is 1. The molecular formula is C17H22ClNO3. The van der Waals surface area contributed by atoms with Crippen LogP contribution in [0.25, 0.3) is 0 Å². The Labute approximate surface area is 136 Å². The van der Waals surface area contributed by atoms with E-state index in [1.54, 1.807) is 32.9 Å². The van der Waals surface area contributed by atoms with Gasteiger partial charge < -0.3 is 9.84 Å². The summed E-state index contributed by atoms with van der Waals surface area (Å²) in [5, 5.41) is 18.8. The monoisotopic (exact) mass is 323 g/mol. The molecule has 0 saturated heterocycles. The van der Waals surface area contributed by atoms with Gasteiger partial charge in [-0.25, -0.2) is 0 Å². The van der Waals surface area contributed by atoms with Gasteiger partial charge in [-0.3, -0.25) is 4.79 Å². The molecule has 0 bridgehead atoms. The molecule has 1 N–H and O–H groups in total. The van der Waals surface area contributed by atoms with Crippen molar-refractivity contribution in [3.63, 3.8) is 0 Å². The van der Waals surface area contributed by atoms with Crippen LogP contribution < -0.4 is 0 Å². The average Bonchev–Trinajstić information content (AvgIpc) is 2.44. The topological polar surface area (TPSA) is 70.3 Å². The maximum Gasteiger partial charge on any atom is 0.306 e. The molecule has 1 aromatic carbocycles. The predicted molar refractivity (Wildman–Crippen MR) is 85.5 cm³/mol. The summed E-state index contributed by atoms with van der Waals surface area (Å²) < 4.78 is 5.30. The van der Waals surface area contributed by atoms with E-state index in [-0.39, 0.29) is 24.2 Å². The van der Waals surface area contributed by atoms with Gasteiger partial charge in [-0.05, 0) is 44.9 Å².